The van der Waals surface area contributed by atoms with E-state index in [1.54, 1.807) is 0 Å². The van der Waals surface area contributed by atoms with Crippen LogP contribution in [0.15, 0.2) is 4.99 Å². The number of piperidine rings is 1. The average Bonchev–Trinajstić information content (AvgIpc) is 2.10. The molecule has 0 saturated carbocycles. The van der Waals surface area contributed by atoms with Crippen LogP contribution in [0, 0.1) is 0 Å². The molecule has 1 saturated heterocycles. The van der Waals surface area contributed by atoms with Gasteiger partial charge in [0.1, 0.15) is 0 Å². The maximum Gasteiger partial charge on any atom is 0.311 e. The molecule has 0 aromatic rings. The number of ether oxygens (including phenoxy) is 1. The number of nitrogens with one attached hydrogen (secondary N) is 1. The molecule has 1 heterocycles. The summed E-state index contributed by atoms with van der Waals surface area (Å²) in [6.07, 6.45) is 2.30. The molecule has 4 heteroatoms. The number of hydrogen-bond acceptors (Lipinski definition) is 4. The van der Waals surface area contributed by atoms with Gasteiger partial charge in [-0.1, -0.05) is 0 Å². The Morgan fingerprint density at radius 2 is 1.79 bits per heavy atom. The van der Waals surface area contributed by atoms with Crippen LogP contribution in [0.25, 0.3) is 0 Å². The van der Waals surface area contributed by atoms with Crippen LogP contribution in [0.3, 0.4) is 0 Å². The lowest BCUT2D eigenvalue weighted by molar-refractivity contribution is -0.141. The molecule has 1 aliphatic heterocycles. The van der Waals surface area contributed by atoms with Crippen molar-refractivity contribution in [3.63, 3.8) is 0 Å². The zero-order chi connectivity index (χ0) is 14.7. The van der Waals surface area contributed by atoms with Gasteiger partial charge in [-0.25, -0.2) is 0 Å². The molecular weight excluding hydrogens is 240 g/mol. The minimum Gasteiger partial charge on any atom is -0.466 e. The van der Waals surface area contributed by atoms with Gasteiger partial charge in [0, 0.05) is 16.8 Å². The van der Waals surface area contributed by atoms with Gasteiger partial charge in [0.05, 0.1) is 19.1 Å². The highest BCUT2D eigenvalue weighted by Gasteiger charge is 2.37. The van der Waals surface area contributed by atoms with Crippen molar-refractivity contribution in [2.75, 3.05) is 6.61 Å². The van der Waals surface area contributed by atoms with Crippen LogP contribution in [-0.4, -0.2) is 35.4 Å². The summed E-state index contributed by atoms with van der Waals surface area (Å²) >= 11 is 0. The van der Waals surface area contributed by atoms with Crippen molar-refractivity contribution in [2.45, 2.75) is 77.9 Å². The summed E-state index contributed by atoms with van der Waals surface area (Å²) in [5.74, 6) is -0.184. The molecule has 1 N–H and O–H groups in total. The highest BCUT2D eigenvalue weighted by atomic mass is 16.5. The van der Waals surface area contributed by atoms with Crippen molar-refractivity contribution in [3.8, 4) is 0 Å². The minimum atomic E-state index is -0.184. The van der Waals surface area contributed by atoms with Gasteiger partial charge in [-0.3, -0.25) is 9.79 Å². The molecule has 1 fully saturated rings. The number of aliphatic imine (C=N–C) groups is 1. The molecule has 0 aromatic heterocycles. The van der Waals surface area contributed by atoms with Crippen LogP contribution in [0.5, 0.6) is 0 Å². The predicted octanol–water partition coefficient (Wildman–Crippen LogP) is 2.71. The molecule has 4 nitrogen and oxygen atoms in total. The molecule has 0 unspecified atom stereocenters. The van der Waals surface area contributed by atoms with E-state index in [0.717, 1.165) is 18.6 Å². The highest BCUT2D eigenvalue weighted by molar-refractivity contribution is 5.97. The Morgan fingerprint density at radius 3 is 2.26 bits per heavy atom. The van der Waals surface area contributed by atoms with Gasteiger partial charge in [-0.2, -0.15) is 0 Å². The minimum absolute atomic E-state index is 0.0835. The standard InChI is InChI=1S/C15H28N2O2/c1-7-19-13(18)8-11(2)16-12-9-14(3,4)17-15(5,6)10-12/h12,17H,7-10H2,1-6H3. The van der Waals surface area contributed by atoms with E-state index in [1.165, 1.54) is 0 Å². The fourth-order valence-corrected chi connectivity index (χ4v) is 3.14. The predicted molar refractivity (Wildman–Crippen MR) is 78.7 cm³/mol. The van der Waals surface area contributed by atoms with Crippen LogP contribution in [0.2, 0.25) is 0 Å². The Morgan fingerprint density at radius 1 is 1.26 bits per heavy atom. The third-order valence-corrected chi connectivity index (χ3v) is 3.28. The summed E-state index contributed by atoms with van der Waals surface area (Å²) in [4.78, 5) is 16.2. The van der Waals surface area contributed by atoms with Gasteiger partial charge in [0.25, 0.3) is 0 Å². The Balaban J connectivity index is 2.66. The molecule has 0 bridgehead atoms. The number of hydrogen-bond donors (Lipinski definition) is 1. The van der Waals surface area contributed by atoms with Crippen molar-refractivity contribution < 1.29 is 9.53 Å². The first kappa shape index (κ1) is 16.2. The average molecular weight is 268 g/mol. The zero-order valence-corrected chi connectivity index (χ0v) is 13.2. The first-order valence-corrected chi connectivity index (χ1v) is 7.12. The van der Waals surface area contributed by atoms with E-state index in [9.17, 15) is 4.79 Å². The summed E-state index contributed by atoms with van der Waals surface area (Å²) in [6.45, 7) is 13.0. The fourth-order valence-electron chi connectivity index (χ4n) is 3.14. The van der Waals surface area contributed by atoms with Crippen molar-refractivity contribution >= 4 is 11.7 Å². The van der Waals surface area contributed by atoms with Crippen LogP contribution in [-0.2, 0) is 9.53 Å². The normalized spacial score (nSPS) is 23.2. The van der Waals surface area contributed by atoms with Gasteiger partial charge in [0.2, 0.25) is 0 Å². The number of rotatable bonds is 4. The summed E-state index contributed by atoms with van der Waals surface area (Å²) in [6, 6.07) is 0.278. The second kappa shape index (κ2) is 6.04. The molecule has 0 spiro atoms. The lowest BCUT2D eigenvalue weighted by Crippen LogP contribution is -2.58. The molecule has 0 aliphatic carbocycles. The molecule has 0 radical (unpaired) electrons. The van der Waals surface area contributed by atoms with Gasteiger partial charge in [-0.15, -0.1) is 0 Å². The largest absolute Gasteiger partial charge is 0.466 e. The molecule has 110 valence electrons. The lowest BCUT2D eigenvalue weighted by Gasteiger charge is -2.45. The van der Waals surface area contributed by atoms with Crippen molar-refractivity contribution in [3.05, 3.63) is 0 Å². The molecule has 0 aromatic carbocycles. The van der Waals surface area contributed by atoms with Crippen molar-refractivity contribution in [2.24, 2.45) is 4.99 Å². The molecule has 1 aliphatic rings. The van der Waals surface area contributed by atoms with Crippen molar-refractivity contribution in [1.82, 2.24) is 5.32 Å². The van der Waals surface area contributed by atoms with E-state index >= 15 is 0 Å². The Hall–Kier alpha value is -0.900. The second-order valence-electron chi connectivity index (χ2n) is 6.80. The lowest BCUT2D eigenvalue weighted by atomic mass is 9.80. The van der Waals surface area contributed by atoms with Crippen LogP contribution in [0.1, 0.15) is 60.8 Å². The molecule has 0 atom stereocenters. The summed E-state index contributed by atoms with van der Waals surface area (Å²) < 4.78 is 4.95. The van der Waals surface area contributed by atoms with Gasteiger partial charge in [0.15, 0.2) is 0 Å². The first-order chi connectivity index (χ1) is 8.63. The Bertz CT molecular complexity index is 343. The number of esters is 1. The molecule has 0 amide bonds. The number of nitrogens with zero attached hydrogens (tertiary/aromatic N) is 1. The van der Waals surface area contributed by atoms with E-state index in [4.69, 9.17) is 9.73 Å². The van der Waals surface area contributed by atoms with Crippen LogP contribution < -0.4 is 5.32 Å². The van der Waals surface area contributed by atoms with Crippen LogP contribution >= 0.6 is 0 Å². The van der Waals surface area contributed by atoms with E-state index in [2.05, 4.69) is 33.0 Å². The Labute approximate surface area is 117 Å². The summed E-state index contributed by atoms with van der Waals surface area (Å²) in [7, 11) is 0. The number of carbonyl (C=O) groups is 1. The second-order valence-corrected chi connectivity index (χ2v) is 6.80. The van der Waals surface area contributed by atoms with E-state index in [-0.39, 0.29) is 23.1 Å². The SMILES string of the molecule is CCOC(=O)CC(C)=NC1CC(C)(C)NC(C)(C)C1. The van der Waals surface area contributed by atoms with Crippen molar-refractivity contribution in [1.29, 1.82) is 0 Å². The van der Waals surface area contributed by atoms with Gasteiger partial charge < -0.3 is 10.1 Å². The highest BCUT2D eigenvalue weighted by Crippen LogP contribution is 2.30. The van der Waals surface area contributed by atoms with Crippen LogP contribution in [0.4, 0.5) is 0 Å². The van der Waals surface area contributed by atoms with E-state index in [1.807, 2.05) is 13.8 Å². The summed E-state index contributed by atoms with van der Waals surface area (Å²) in [5.41, 5.74) is 1.04. The van der Waals surface area contributed by atoms with Gasteiger partial charge in [-0.05, 0) is 54.4 Å². The quantitative estimate of drug-likeness (QED) is 0.630. The third kappa shape index (κ3) is 5.72. The molecule has 1 rings (SSSR count). The molecular formula is C15H28N2O2. The summed E-state index contributed by atoms with van der Waals surface area (Å²) in [5, 5.41) is 3.64. The topological polar surface area (TPSA) is 50.7 Å². The molecule has 19 heavy (non-hydrogen) atoms. The fraction of sp³-hybridized carbons (Fsp3) is 0.867. The van der Waals surface area contributed by atoms with Gasteiger partial charge >= 0.3 is 5.97 Å². The monoisotopic (exact) mass is 268 g/mol. The third-order valence-electron chi connectivity index (χ3n) is 3.28. The maximum absolute atomic E-state index is 11.4. The smallest absolute Gasteiger partial charge is 0.311 e. The zero-order valence-electron chi connectivity index (χ0n) is 13.2. The first-order valence-electron chi connectivity index (χ1n) is 7.12. The van der Waals surface area contributed by atoms with E-state index < -0.39 is 0 Å². The Kier molecular flexibility index (Phi) is 5.13. The maximum atomic E-state index is 11.4. The van der Waals surface area contributed by atoms with E-state index in [0.29, 0.717) is 13.0 Å². The number of carbonyl (C=O) groups excluding carboxylic acids is 1.